The second-order valence-corrected chi connectivity index (χ2v) is 27.5. The molecule has 526 valence electrons. The average molecular weight is 1320 g/mol. The van der Waals surface area contributed by atoms with E-state index in [1.54, 1.807) is 7.11 Å². The molecule has 2 amide bonds. The Hall–Kier alpha value is -1.46. The Balaban J connectivity index is 2.45. The molecule has 0 aromatic carbocycles. The molecular formula is C66H128N2O19P2. The molecular weight excluding hydrogens is 1190 g/mol. The Morgan fingerprint density at radius 2 is 0.955 bits per heavy atom. The molecule has 89 heavy (non-hydrogen) atoms. The minimum absolute atomic E-state index is 0.00741. The van der Waals surface area contributed by atoms with E-state index in [9.17, 15) is 53.6 Å². The van der Waals surface area contributed by atoms with Crippen LogP contribution in [0.3, 0.4) is 0 Å². The van der Waals surface area contributed by atoms with Gasteiger partial charge in [0.15, 0.2) is 12.6 Å². The lowest BCUT2D eigenvalue weighted by atomic mass is 9.94. The summed E-state index contributed by atoms with van der Waals surface area (Å²) in [5, 5.41) is 39.2. The molecule has 2 aliphatic heterocycles. The topological polar surface area (TPSA) is 308 Å². The van der Waals surface area contributed by atoms with Crippen LogP contribution in [-0.2, 0) is 56.2 Å². The van der Waals surface area contributed by atoms with Crippen molar-refractivity contribution in [2.45, 2.75) is 364 Å². The van der Waals surface area contributed by atoms with Gasteiger partial charge in [-0.25, -0.2) is 9.13 Å². The zero-order valence-corrected chi connectivity index (χ0v) is 57.6. The van der Waals surface area contributed by atoms with Crippen LogP contribution in [0, 0.1) is 0 Å². The van der Waals surface area contributed by atoms with Gasteiger partial charge in [0.1, 0.15) is 42.6 Å². The zero-order chi connectivity index (χ0) is 65.4. The Kier molecular flexibility index (Phi) is 49.6. The van der Waals surface area contributed by atoms with Crippen LogP contribution in [0.15, 0.2) is 12.2 Å². The summed E-state index contributed by atoms with van der Waals surface area (Å²) in [5.74, 6) is -1.12. The number of rotatable bonds is 59. The van der Waals surface area contributed by atoms with Gasteiger partial charge in [0.2, 0.25) is 11.8 Å². The van der Waals surface area contributed by atoms with Gasteiger partial charge in [0.25, 0.3) is 0 Å². The Bertz CT molecular complexity index is 1850. The molecule has 23 heteroatoms. The van der Waals surface area contributed by atoms with Gasteiger partial charge >= 0.3 is 15.6 Å². The highest BCUT2D eigenvalue weighted by Crippen LogP contribution is 2.44. The molecule has 2 rings (SSSR count). The predicted molar refractivity (Wildman–Crippen MR) is 348 cm³/mol. The van der Waals surface area contributed by atoms with Gasteiger partial charge in [-0.3, -0.25) is 18.6 Å². The van der Waals surface area contributed by atoms with Crippen molar-refractivity contribution in [3.05, 3.63) is 12.2 Å². The fourth-order valence-corrected chi connectivity index (χ4v) is 12.9. The summed E-state index contributed by atoms with van der Waals surface area (Å²) in [6.07, 6.45) is 28.8. The molecule has 2 fully saturated rings. The molecule has 0 aliphatic carbocycles. The Morgan fingerprint density at radius 1 is 0.506 bits per heavy atom. The summed E-state index contributed by atoms with van der Waals surface area (Å²) in [6, 6.07) is -2.82. The molecule has 2 saturated heterocycles. The molecule has 0 radical (unpaired) electrons. The summed E-state index contributed by atoms with van der Waals surface area (Å²) in [5.41, 5.74) is 0. The number of phosphoric ester groups is 2. The van der Waals surface area contributed by atoms with Crippen LogP contribution in [0.2, 0.25) is 0 Å². The monoisotopic (exact) mass is 1310 g/mol. The number of aliphatic hydroxyl groups excluding tert-OH is 3. The predicted octanol–water partition coefficient (Wildman–Crippen LogP) is 13.1. The quantitative estimate of drug-likeness (QED) is 0.0155. The molecule has 0 aromatic heterocycles. The molecule has 2 heterocycles. The van der Waals surface area contributed by atoms with E-state index in [1.165, 1.54) is 51.4 Å². The first-order valence-corrected chi connectivity index (χ1v) is 38.3. The number of ether oxygens (including phenoxy) is 6. The molecule has 9 N–H and O–H groups in total. The highest BCUT2D eigenvalue weighted by atomic mass is 31.2. The van der Waals surface area contributed by atoms with Crippen LogP contribution in [0.5, 0.6) is 0 Å². The summed E-state index contributed by atoms with van der Waals surface area (Å²) in [6.45, 7) is 7.66. The van der Waals surface area contributed by atoms with Crippen molar-refractivity contribution in [2.75, 3.05) is 33.5 Å². The zero-order valence-electron chi connectivity index (χ0n) is 55.8. The van der Waals surface area contributed by atoms with Crippen LogP contribution in [0.1, 0.15) is 291 Å². The van der Waals surface area contributed by atoms with Gasteiger partial charge in [-0.15, -0.1) is 0 Å². The normalized spacial score (nSPS) is 23.3. The van der Waals surface area contributed by atoms with E-state index in [4.69, 9.17) is 37.5 Å². The van der Waals surface area contributed by atoms with E-state index in [2.05, 4.69) is 50.5 Å². The van der Waals surface area contributed by atoms with E-state index in [0.29, 0.717) is 32.1 Å². The summed E-state index contributed by atoms with van der Waals surface area (Å²) in [7, 11) is -9.07. The number of aliphatic hydroxyl groups is 3. The van der Waals surface area contributed by atoms with Crippen LogP contribution < -0.4 is 10.6 Å². The second-order valence-electron chi connectivity index (χ2n) is 25.1. The average Bonchev–Trinajstić information content (AvgIpc) is 0.966. The fourth-order valence-electron chi connectivity index (χ4n) is 11.9. The summed E-state index contributed by atoms with van der Waals surface area (Å²) < 4.78 is 73.7. The van der Waals surface area contributed by atoms with Crippen molar-refractivity contribution >= 4 is 27.5 Å². The SMILES string of the molecule is CCCCCCC=CCCCCCCCCCC(=O)N[C@H]1[C@H](OC[C@H]2O[C@H](OP(=O)(O)O)[C@H](NC(=O)CC(O)CCCCCCCCCCC)[C@@H](OCCCCCCCCCC)[C@@H]2O)O[C@H](CCO)[C@@H](OP(=O)(O)O)[C@@H]1OCCC(CCCCCCC)OC. The van der Waals surface area contributed by atoms with Gasteiger partial charge in [-0.1, -0.05) is 226 Å². The summed E-state index contributed by atoms with van der Waals surface area (Å²) >= 11 is 0. The molecule has 0 saturated carbocycles. The van der Waals surface area contributed by atoms with E-state index in [1.807, 2.05) is 0 Å². The number of carbonyl (C=O) groups excluding carboxylic acids is 2. The molecule has 0 aromatic rings. The largest absolute Gasteiger partial charge is 0.472 e. The van der Waals surface area contributed by atoms with Gasteiger partial charge in [-0.05, 0) is 64.2 Å². The summed E-state index contributed by atoms with van der Waals surface area (Å²) in [4.78, 5) is 69.0. The lowest BCUT2D eigenvalue weighted by Crippen LogP contribution is -2.67. The highest BCUT2D eigenvalue weighted by Gasteiger charge is 2.53. The Labute approximate surface area is 537 Å². The van der Waals surface area contributed by atoms with Crippen molar-refractivity contribution in [3.8, 4) is 0 Å². The smallest absolute Gasteiger partial charge is 0.396 e. The van der Waals surface area contributed by atoms with E-state index in [-0.39, 0.29) is 38.6 Å². The van der Waals surface area contributed by atoms with Crippen LogP contribution in [0.25, 0.3) is 0 Å². The second kappa shape index (κ2) is 52.8. The maximum atomic E-state index is 14.1. The van der Waals surface area contributed by atoms with Crippen molar-refractivity contribution in [1.29, 1.82) is 0 Å². The maximum absolute atomic E-state index is 14.1. The number of amides is 2. The number of nitrogens with one attached hydrogen (secondary N) is 2. The van der Waals surface area contributed by atoms with E-state index in [0.717, 1.165) is 161 Å². The van der Waals surface area contributed by atoms with Crippen molar-refractivity contribution < 1.29 is 91.1 Å². The molecule has 21 nitrogen and oxygen atoms in total. The van der Waals surface area contributed by atoms with Crippen molar-refractivity contribution in [2.24, 2.45) is 0 Å². The number of unbranched alkanes of at least 4 members (excludes halogenated alkanes) is 30. The first kappa shape index (κ1) is 83.6. The van der Waals surface area contributed by atoms with Crippen molar-refractivity contribution in [3.63, 3.8) is 0 Å². The first-order valence-electron chi connectivity index (χ1n) is 35.3. The minimum Gasteiger partial charge on any atom is -0.396 e. The van der Waals surface area contributed by atoms with Crippen molar-refractivity contribution in [1.82, 2.24) is 10.6 Å². The molecule has 0 bridgehead atoms. The number of methoxy groups -OCH3 is 1. The van der Waals surface area contributed by atoms with Crippen LogP contribution >= 0.6 is 15.6 Å². The lowest BCUT2D eigenvalue weighted by Gasteiger charge is -2.47. The van der Waals surface area contributed by atoms with Gasteiger partial charge in [0.05, 0.1) is 31.3 Å². The number of hydrogen-bond donors (Lipinski definition) is 9. The highest BCUT2D eigenvalue weighted by molar-refractivity contribution is 7.46. The molecule has 0 spiro atoms. The molecule has 2 aliphatic rings. The Morgan fingerprint density at radius 3 is 1.48 bits per heavy atom. The number of hydrogen-bond acceptors (Lipinski definition) is 15. The van der Waals surface area contributed by atoms with Gasteiger partial charge < -0.3 is 73.9 Å². The minimum atomic E-state index is -5.39. The number of carbonyl (C=O) groups is 2. The lowest BCUT2D eigenvalue weighted by molar-refractivity contribution is -0.298. The molecule has 2 unspecified atom stereocenters. The van der Waals surface area contributed by atoms with Crippen LogP contribution in [0.4, 0.5) is 0 Å². The van der Waals surface area contributed by atoms with E-state index < -0.39 is 108 Å². The fraction of sp³-hybridized carbons (Fsp3) is 0.939. The third-order valence-electron chi connectivity index (χ3n) is 17.1. The first-order chi connectivity index (χ1) is 42.9. The van der Waals surface area contributed by atoms with E-state index >= 15 is 0 Å². The van der Waals surface area contributed by atoms with Gasteiger partial charge in [0, 0.05) is 33.4 Å². The van der Waals surface area contributed by atoms with Gasteiger partial charge in [-0.2, -0.15) is 0 Å². The number of allylic oxidation sites excluding steroid dienone is 2. The number of phosphoric acid groups is 2. The third-order valence-corrected chi connectivity index (χ3v) is 18.1. The third kappa shape index (κ3) is 41.2. The standard InChI is InChI=1S/C66H128N2O19P2/c1-6-10-14-18-21-24-25-26-27-28-29-31-33-37-41-45-57(71)67-60-64(82-50-47-54(80-5)44-40-35-17-13-9-4)62(86-88(74,75)76)55(46-48-69)84-65(60)83-52-56-61(73)63(81-49-42-38-34-23-20-16-12-8-3)59(66(85-56)87-89(77,78)79)68-58(72)51-53(70)43-39-36-32-30-22-19-15-11-7-2/h24-25,53-56,59-66,69-70,73H,6-23,26-52H2,1-5H3,(H,67,71)(H,68,72)(H2,74,75,76)(H2,77,78,79)/t53?,54?,55-,56-,59-,60-,61-,62-,63-,64-,65-,66-/m1/s1. The maximum Gasteiger partial charge on any atom is 0.472 e. The molecule has 12 atom stereocenters. The van der Waals surface area contributed by atoms with Crippen LogP contribution in [-0.4, -0.2) is 154 Å².